The van der Waals surface area contributed by atoms with Crippen molar-refractivity contribution in [2.75, 3.05) is 19.6 Å². The highest BCUT2D eigenvalue weighted by molar-refractivity contribution is 5.93. The molecule has 3 aliphatic heterocycles. The lowest BCUT2D eigenvalue weighted by molar-refractivity contribution is -0.151. The van der Waals surface area contributed by atoms with Crippen LogP contribution in [0.5, 0.6) is 0 Å². The molecule has 3 saturated heterocycles. The topological polar surface area (TPSA) is 133 Å². The van der Waals surface area contributed by atoms with Gasteiger partial charge in [0.1, 0.15) is 5.76 Å². The van der Waals surface area contributed by atoms with Crippen LogP contribution < -0.4 is 5.32 Å². The van der Waals surface area contributed by atoms with Crippen molar-refractivity contribution >= 4 is 24.2 Å². The number of carboxylic acid groups (broad SMARTS) is 1. The summed E-state index contributed by atoms with van der Waals surface area (Å²) in [5.41, 5.74) is 0.366. The molecule has 3 fully saturated rings. The van der Waals surface area contributed by atoms with Gasteiger partial charge in [0, 0.05) is 39.0 Å². The van der Waals surface area contributed by atoms with Crippen LogP contribution in [-0.2, 0) is 14.4 Å². The highest BCUT2D eigenvalue weighted by Gasteiger charge is 2.50. The van der Waals surface area contributed by atoms with Crippen LogP contribution in [0.25, 0.3) is 0 Å². The maximum atomic E-state index is 13.0. The molecule has 0 aliphatic carbocycles. The number of aromatic nitrogens is 1. The van der Waals surface area contributed by atoms with Gasteiger partial charge in [-0.2, -0.15) is 0 Å². The number of nitrogens with one attached hydrogen (secondary N) is 1. The standard InChI is InChI=1S/C19H26N4O4.CH2O2/c1-11-18(21-10-27-11)19(26)22-8-13-6-14(9-22)16(7-20-12(2)24)23-15(13)4-3-5-17(23)25;2-1-3/h10,13-16H,3-9H2,1-2H3,(H,20,24);1H,(H,2,3)/t13-,14+,15+,16+;/m1./s1. The number of likely N-dealkylation sites (tertiary alicyclic amines) is 1. The number of amides is 3. The summed E-state index contributed by atoms with van der Waals surface area (Å²) in [5, 5.41) is 9.78. The molecule has 3 amide bonds. The first-order chi connectivity index (χ1) is 14.4. The van der Waals surface area contributed by atoms with Gasteiger partial charge in [-0.05, 0) is 38.0 Å². The predicted molar refractivity (Wildman–Crippen MR) is 104 cm³/mol. The summed E-state index contributed by atoms with van der Waals surface area (Å²) >= 11 is 0. The molecule has 164 valence electrons. The molecule has 3 aliphatic rings. The molecular formula is C20H28N4O6. The van der Waals surface area contributed by atoms with Crippen molar-refractivity contribution in [2.45, 2.75) is 51.6 Å². The highest BCUT2D eigenvalue weighted by Crippen LogP contribution is 2.41. The van der Waals surface area contributed by atoms with Crippen LogP contribution in [-0.4, -0.2) is 75.8 Å². The second kappa shape index (κ2) is 9.27. The second-order valence-corrected chi connectivity index (χ2v) is 8.09. The Hall–Kier alpha value is -2.91. The van der Waals surface area contributed by atoms with Gasteiger partial charge in [-0.3, -0.25) is 19.2 Å². The molecule has 1 aromatic heterocycles. The minimum atomic E-state index is -0.250. The SMILES string of the molecule is CC(=O)NC[C@H]1[C@H]2C[C@H](CN(C(=O)c3ncoc3C)C2)[C@@H]2CCCC(=O)N21.O=CO. The number of aryl methyl sites for hydroxylation is 1. The fourth-order valence-electron chi connectivity index (χ4n) is 5.11. The lowest BCUT2D eigenvalue weighted by Gasteiger charge is -2.56. The lowest BCUT2D eigenvalue weighted by Crippen LogP contribution is -2.67. The zero-order valence-electron chi connectivity index (χ0n) is 17.2. The van der Waals surface area contributed by atoms with Crippen LogP contribution in [0.15, 0.2) is 10.8 Å². The Balaban J connectivity index is 0.000000806. The van der Waals surface area contributed by atoms with Crippen LogP contribution in [0.3, 0.4) is 0 Å². The molecule has 10 heteroatoms. The van der Waals surface area contributed by atoms with Crippen molar-refractivity contribution in [3.05, 3.63) is 17.8 Å². The van der Waals surface area contributed by atoms with Gasteiger partial charge < -0.3 is 24.6 Å². The van der Waals surface area contributed by atoms with E-state index in [-0.39, 0.29) is 48.1 Å². The Bertz CT molecular complexity index is 809. The number of carbonyl (C=O) groups excluding carboxylic acids is 3. The average Bonchev–Trinajstić information content (AvgIpc) is 3.14. The molecule has 0 saturated carbocycles. The van der Waals surface area contributed by atoms with Gasteiger partial charge in [0.05, 0.1) is 6.04 Å². The van der Waals surface area contributed by atoms with E-state index < -0.39 is 0 Å². The molecule has 0 aromatic carbocycles. The first kappa shape index (κ1) is 21.8. The van der Waals surface area contributed by atoms with Crippen molar-refractivity contribution in [3.63, 3.8) is 0 Å². The molecule has 2 bridgehead atoms. The van der Waals surface area contributed by atoms with E-state index in [2.05, 4.69) is 10.3 Å². The maximum absolute atomic E-state index is 13.0. The van der Waals surface area contributed by atoms with Gasteiger partial charge in [-0.25, -0.2) is 4.98 Å². The zero-order valence-corrected chi connectivity index (χ0v) is 17.2. The van der Waals surface area contributed by atoms with Gasteiger partial charge >= 0.3 is 0 Å². The third-order valence-electron chi connectivity index (χ3n) is 6.29. The van der Waals surface area contributed by atoms with Crippen molar-refractivity contribution in [1.29, 1.82) is 0 Å². The summed E-state index contributed by atoms with van der Waals surface area (Å²) in [6.07, 6.45) is 4.72. The van der Waals surface area contributed by atoms with Crippen molar-refractivity contribution in [1.82, 2.24) is 20.1 Å². The van der Waals surface area contributed by atoms with Gasteiger partial charge in [-0.15, -0.1) is 0 Å². The van der Waals surface area contributed by atoms with Crippen molar-refractivity contribution < 1.29 is 28.7 Å². The number of piperidine rings is 3. The number of carbonyl (C=O) groups is 4. The molecule has 1 aromatic rings. The van der Waals surface area contributed by atoms with Gasteiger partial charge in [0.15, 0.2) is 12.1 Å². The average molecular weight is 420 g/mol. The summed E-state index contributed by atoms with van der Waals surface area (Å²) in [6, 6.07) is 0.0900. The first-order valence-corrected chi connectivity index (χ1v) is 10.2. The molecule has 4 rings (SSSR count). The fourth-order valence-corrected chi connectivity index (χ4v) is 5.11. The Morgan fingerprint density at radius 3 is 2.70 bits per heavy atom. The van der Waals surface area contributed by atoms with Gasteiger partial charge in [0.25, 0.3) is 12.4 Å². The Morgan fingerprint density at radius 2 is 2.07 bits per heavy atom. The van der Waals surface area contributed by atoms with Crippen LogP contribution in [0.2, 0.25) is 0 Å². The molecule has 10 nitrogen and oxygen atoms in total. The van der Waals surface area contributed by atoms with E-state index >= 15 is 0 Å². The molecule has 4 heterocycles. The van der Waals surface area contributed by atoms with E-state index in [9.17, 15) is 14.4 Å². The van der Waals surface area contributed by atoms with Crippen LogP contribution in [0.1, 0.15) is 48.9 Å². The summed E-state index contributed by atoms with van der Waals surface area (Å²) in [5.74, 6) is 0.941. The van der Waals surface area contributed by atoms with Gasteiger partial charge in [-0.1, -0.05) is 0 Å². The maximum Gasteiger partial charge on any atom is 0.290 e. The van der Waals surface area contributed by atoms with E-state index in [1.165, 1.54) is 13.3 Å². The molecule has 0 radical (unpaired) electrons. The van der Waals surface area contributed by atoms with Crippen LogP contribution in [0.4, 0.5) is 0 Å². The predicted octanol–water partition coefficient (Wildman–Crippen LogP) is 0.662. The largest absolute Gasteiger partial charge is 0.483 e. The number of oxazole rings is 1. The smallest absolute Gasteiger partial charge is 0.290 e. The lowest BCUT2D eigenvalue weighted by atomic mass is 9.72. The minimum Gasteiger partial charge on any atom is -0.483 e. The molecular weight excluding hydrogens is 392 g/mol. The van der Waals surface area contributed by atoms with E-state index in [1.54, 1.807) is 6.92 Å². The minimum absolute atomic E-state index is 0.0584. The van der Waals surface area contributed by atoms with Crippen LogP contribution >= 0.6 is 0 Å². The third-order valence-corrected chi connectivity index (χ3v) is 6.29. The Kier molecular flexibility index (Phi) is 6.73. The number of nitrogens with zero attached hydrogens (tertiary/aromatic N) is 3. The number of hydrogen-bond donors (Lipinski definition) is 2. The quantitative estimate of drug-likeness (QED) is 0.686. The second-order valence-electron chi connectivity index (χ2n) is 8.09. The first-order valence-electron chi connectivity index (χ1n) is 10.2. The summed E-state index contributed by atoms with van der Waals surface area (Å²) in [6.45, 7) is 4.64. The van der Waals surface area contributed by atoms with Gasteiger partial charge in [0.2, 0.25) is 11.8 Å². The molecule has 0 spiro atoms. The number of rotatable bonds is 3. The zero-order chi connectivity index (χ0) is 21.8. The fraction of sp³-hybridized carbons (Fsp3) is 0.650. The van der Waals surface area contributed by atoms with Crippen molar-refractivity contribution in [2.24, 2.45) is 11.8 Å². The summed E-state index contributed by atoms with van der Waals surface area (Å²) in [7, 11) is 0. The Labute approximate surface area is 174 Å². The van der Waals surface area contributed by atoms with Crippen LogP contribution in [0, 0.1) is 18.8 Å². The monoisotopic (exact) mass is 420 g/mol. The summed E-state index contributed by atoms with van der Waals surface area (Å²) < 4.78 is 5.20. The number of fused-ring (bicyclic) bond motifs is 4. The Morgan fingerprint density at radius 1 is 1.37 bits per heavy atom. The third kappa shape index (κ3) is 4.31. The van der Waals surface area contributed by atoms with E-state index in [1.807, 2.05) is 9.80 Å². The van der Waals surface area contributed by atoms with E-state index in [0.717, 1.165) is 19.3 Å². The molecule has 2 N–H and O–H groups in total. The van der Waals surface area contributed by atoms with E-state index in [0.29, 0.717) is 37.5 Å². The molecule has 0 unspecified atom stereocenters. The van der Waals surface area contributed by atoms with E-state index in [4.69, 9.17) is 14.3 Å². The highest BCUT2D eigenvalue weighted by atomic mass is 16.3. The van der Waals surface area contributed by atoms with Crippen molar-refractivity contribution in [3.8, 4) is 0 Å². The number of hydrogen-bond acceptors (Lipinski definition) is 6. The molecule has 4 atom stereocenters. The normalized spacial score (nSPS) is 27.5. The molecule has 30 heavy (non-hydrogen) atoms. The summed E-state index contributed by atoms with van der Waals surface area (Å²) in [4.78, 5) is 53.4.